The van der Waals surface area contributed by atoms with Crippen LogP contribution in [0.3, 0.4) is 0 Å². The minimum absolute atomic E-state index is 0.0457. The number of nitrogens with zero attached hydrogens (tertiary/aromatic N) is 2. The molecule has 1 heterocycles. The van der Waals surface area contributed by atoms with Crippen LogP contribution in [0.5, 0.6) is 0 Å². The van der Waals surface area contributed by atoms with Crippen LogP contribution < -0.4 is 0 Å². The lowest BCUT2D eigenvalue weighted by Gasteiger charge is -2.35. The summed E-state index contributed by atoms with van der Waals surface area (Å²) >= 11 is 0. The summed E-state index contributed by atoms with van der Waals surface area (Å²) in [5.74, 6) is -0.877. The monoisotopic (exact) mass is 314 g/mol. The summed E-state index contributed by atoms with van der Waals surface area (Å²) in [5.41, 5.74) is -0.568. The molecule has 0 saturated carbocycles. The molecule has 126 valence electrons. The average molecular weight is 314 g/mol. The van der Waals surface area contributed by atoms with Crippen LogP contribution in [0.2, 0.25) is 0 Å². The molecule has 22 heavy (non-hydrogen) atoms. The Kier molecular flexibility index (Phi) is 6.64. The van der Waals surface area contributed by atoms with Crippen molar-refractivity contribution in [3.63, 3.8) is 0 Å². The number of carbonyl (C=O) groups is 3. The summed E-state index contributed by atoms with van der Waals surface area (Å²) in [7, 11) is 0. The predicted octanol–water partition coefficient (Wildman–Crippen LogP) is 1.71. The fraction of sp³-hybridized carbons (Fsp3) is 0.800. The molecule has 2 amide bonds. The molecule has 1 N–H and O–H groups in total. The number of carboxylic acid groups (broad SMARTS) is 1. The highest BCUT2D eigenvalue weighted by molar-refractivity contribution is 5.83. The lowest BCUT2D eigenvalue weighted by molar-refractivity contribution is -0.137. The Morgan fingerprint density at radius 3 is 2.41 bits per heavy atom. The van der Waals surface area contributed by atoms with E-state index in [0.717, 1.165) is 12.8 Å². The van der Waals surface area contributed by atoms with Crippen molar-refractivity contribution < 1.29 is 24.2 Å². The molecular weight excluding hydrogens is 288 g/mol. The van der Waals surface area contributed by atoms with Crippen molar-refractivity contribution in [3.8, 4) is 0 Å². The van der Waals surface area contributed by atoms with Gasteiger partial charge in [0.15, 0.2) is 0 Å². The van der Waals surface area contributed by atoms with Crippen LogP contribution in [0.4, 0.5) is 4.79 Å². The molecule has 0 bridgehead atoms. The van der Waals surface area contributed by atoms with Crippen molar-refractivity contribution in [2.75, 3.05) is 26.2 Å². The second-order valence-electron chi connectivity index (χ2n) is 6.49. The first-order valence-electron chi connectivity index (χ1n) is 7.66. The third-order valence-electron chi connectivity index (χ3n) is 3.29. The van der Waals surface area contributed by atoms with E-state index in [4.69, 9.17) is 9.84 Å². The van der Waals surface area contributed by atoms with Gasteiger partial charge in [0.2, 0.25) is 5.91 Å². The van der Waals surface area contributed by atoms with Crippen LogP contribution in [-0.4, -0.2) is 64.7 Å². The first kappa shape index (κ1) is 18.3. The van der Waals surface area contributed by atoms with E-state index in [1.807, 2.05) is 0 Å². The van der Waals surface area contributed by atoms with Crippen LogP contribution in [0, 0.1) is 0 Å². The van der Waals surface area contributed by atoms with Gasteiger partial charge in [-0.1, -0.05) is 6.42 Å². The molecule has 0 aliphatic carbocycles. The maximum atomic E-state index is 12.0. The number of piperazine rings is 1. The highest BCUT2D eigenvalue weighted by atomic mass is 16.6. The van der Waals surface area contributed by atoms with Gasteiger partial charge in [-0.25, -0.2) is 4.79 Å². The summed E-state index contributed by atoms with van der Waals surface area (Å²) in [5, 5.41) is 8.55. The number of rotatable bonds is 6. The Balaban J connectivity index is 2.29. The highest BCUT2D eigenvalue weighted by Crippen LogP contribution is 2.13. The van der Waals surface area contributed by atoms with Gasteiger partial charge in [0.1, 0.15) is 12.1 Å². The Hall–Kier alpha value is -1.79. The molecule has 1 fully saturated rings. The van der Waals surface area contributed by atoms with E-state index in [-0.39, 0.29) is 18.9 Å². The molecule has 0 aromatic carbocycles. The van der Waals surface area contributed by atoms with Gasteiger partial charge in [-0.15, -0.1) is 0 Å². The largest absolute Gasteiger partial charge is 0.481 e. The number of carboxylic acids is 1. The summed E-state index contributed by atoms with van der Waals surface area (Å²) < 4.78 is 5.26. The molecule has 1 aliphatic rings. The standard InChI is InChI=1S/C15H26N2O5/c1-15(2,3)22-14(21)17-10-9-16(12(18)11-17)8-6-4-5-7-13(19)20/h4-11H2,1-3H3,(H,19,20). The Morgan fingerprint density at radius 1 is 1.18 bits per heavy atom. The molecule has 7 heteroatoms. The molecule has 1 rings (SSSR count). The van der Waals surface area contributed by atoms with Crippen molar-refractivity contribution >= 4 is 18.0 Å². The highest BCUT2D eigenvalue weighted by Gasteiger charge is 2.29. The van der Waals surface area contributed by atoms with Gasteiger partial charge in [-0.3, -0.25) is 14.5 Å². The van der Waals surface area contributed by atoms with E-state index in [1.54, 1.807) is 25.7 Å². The first-order valence-corrected chi connectivity index (χ1v) is 7.66. The predicted molar refractivity (Wildman–Crippen MR) is 80.5 cm³/mol. The van der Waals surface area contributed by atoms with Gasteiger partial charge in [-0.05, 0) is 33.6 Å². The number of hydrogen-bond donors (Lipinski definition) is 1. The fourth-order valence-corrected chi connectivity index (χ4v) is 2.18. The molecule has 0 spiro atoms. The third kappa shape index (κ3) is 6.78. The van der Waals surface area contributed by atoms with Gasteiger partial charge in [0, 0.05) is 26.1 Å². The minimum atomic E-state index is -0.790. The van der Waals surface area contributed by atoms with Crippen molar-refractivity contribution in [3.05, 3.63) is 0 Å². The molecule has 1 saturated heterocycles. The zero-order valence-corrected chi connectivity index (χ0v) is 13.6. The van der Waals surface area contributed by atoms with Crippen molar-refractivity contribution in [1.29, 1.82) is 0 Å². The van der Waals surface area contributed by atoms with Crippen molar-refractivity contribution in [1.82, 2.24) is 9.80 Å². The smallest absolute Gasteiger partial charge is 0.410 e. The van der Waals surface area contributed by atoms with E-state index in [1.165, 1.54) is 4.90 Å². The first-order chi connectivity index (χ1) is 10.2. The Bertz CT molecular complexity index is 417. The minimum Gasteiger partial charge on any atom is -0.481 e. The molecule has 0 aromatic rings. The maximum Gasteiger partial charge on any atom is 0.410 e. The number of carbonyl (C=O) groups excluding carboxylic acids is 2. The zero-order valence-electron chi connectivity index (χ0n) is 13.6. The SMILES string of the molecule is CC(C)(C)OC(=O)N1CCN(CCCCCC(=O)O)C(=O)C1. The Labute approximate surface area is 131 Å². The van der Waals surface area contributed by atoms with E-state index in [2.05, 4.69) is 0 Å². The zero-order chi connectivity index (χ0) is 16.8. The van der Waals surface area contributed by atoms with Gasteiger partial charge in [-0.2, -0.15) is 0 Å². The number of aliphatic carboxylic acids is 1. The van der Waals surface area contributed by atoms with E-state index < -0.39 is 17.7 Å². The Morgan fingerprint density at radius 2 is 1.86 bits per heavy atom. The fourth-order valence-electron chi connectivity index (χ4n) is 2.18. The van der Waals surface area contributed by atoms with Crippen LogP contribution in [0.1, 0.15) is 46.5 Å². The quantitative estimate of drug-likeness (QED) is 0.754. The second-order valence-corrected chi connectivity index (χ2v) is 6.49. The molecule has 0 unspecified atom stereocenters. The van der Waals surface area contributed by atoms with Crippen LogP contribution in [0.15, 0.2) is 0 Å². The van der Waals surface area contributed by atoms with Gasteiger partial charge < -0.3 is 14.7 Å². The summed E-state index contributed by atoms with van der Waals surface area (Å²) in [6, 6.07) is 0. The van der Waals surface area contributed by atoms with Crippen molar-refractivity contribution in [2.45, 2.75) is 52.1 Å². The number of ether oxygens (including phenoxy) is 1. The lowest BCUT2D eigenvalue weighted by atomic mass is 10.2. The van der Waals surface area contributed by atoms with Gasteiger partial charge in [0.25, 0.3) is 0 Å². The topological polar surface area (TPSA) is 87.2 Å². The van der Waals surface area contributed by atoms with Crippen molar-refractivity contribution in [2.24, 2.45) is 0 Å². The van der Waals surface area contributed by atoms with Crippen LogP contribution in [-0.2, 0) is 14.3 Å². The van der Waals surface area contributed by atoms with E-state index in [0.29, 0.717) is 26.1 Å². The average Bonchev–Trinajstić information content (AvgIpc) is 2.37. The van der Waals surface area contributed by atoms with Crippen LogP contribution >= 0.6 is 0 Å². The summed E-state index contributed by atoms with van der Waals surface area (Å²) in [6.45, 7) is 7.00. The maximum absolute atomic E-state index is 12.0. The summed E-state index contributed by atoms with van der Waals surface area (Å²) in [6.07, 6.45) is 1.90. The van der Waals surface area contributed by atoms with Gasteiger partial charge >= 0.3 is 12.1 Å². The normalized spacial score (nSPS) is 15.9. The molecule has 7 nitrogen and oxygen atoms in total. The molecule has 0 radical (unpaired) electrons. The molecular formula is C15H26N2O5. The van der Waals surface area contributed by atoms with E-state index in [9.17, 15) is 14.4 Å². The second kappa shape index (κ2) is 8.00. The molecule has 1 aliphatic heterocycles. The molecule has 0 aromatic heterocycles. The number of amides is 2. The van der Waals surface area contributed by atoms with Gasteiger partial charge in [0.05, 0.1) is 0 Å². The summed E-state index contributed by atoms with van der Waals surface area (Å²) in [4.78, 5) is 37.5. The van der Waals surface area contributed by atoms with Crippen LogP contribution in [0.25, 0.3) is 0 Å². The lowest BCUT2D eigenvalue weighted by Crippen LogP contribution is -2.53. The van der Waals surface area contributed by atoms with E-state index >= 15 is 0 Å². The third-order valence-corrected chi connectivity index (χ3v) is 3.29. The number of hydrogen-bond acceptors (Lipinski definition) is 4. The number of unbranched alkanes of at least 4 members (excludes halogenated alkanes) is 2. The molecule has 0 atom stereocenters.